The Bertz CT molecular complexity index is 717. The van der Waals surface area contributed by atoms with E-state index in [1.165, 1.54) is 6.07 Å². The number of halogens is 1. The SMILES string of the molecule is CCN(CC)C(=O)c1c(C)oc2ccc(Cl)cc2c1=O. The summed E-state index contributed by atoms with van der Waals surface area (Å²) in [4.78, 5) is 26.5. The van der Waals surface area contributed by atoms with Crippen molar-refractivity contribution < 1.29 is 9.21 Å². The van der Waals surface area contributed by atoms with Gasteiger partial charge in [0.05, 0.1) is 5.39 Å². The van der Waals surface area contributed by atoms with Crippen molar-refractivity contribution in [1.29, 1.82) is 0 Å². The van der Waals surface area contributed by atoms with Gasteiger partial charge in [0.2, 0.25) is 5.43 Å². The second-order valence-corrected chi connectivity index (χ2v) is 4.92. The van der Waals surface area contributed by atoms with Crippen LogP contribution in [0.4, 0.5) is 0 Å². The van der Waals surface area contributed by atoms with Crippen molar-refractivity contribution in [1.82, 2.24) is 4.90 Å². The van der Waals surface area contributed by atoms with Crippen molar-refractivity contribution >= 4 is 28.5 Å². The molecular weight excluding hydrogens is 278 g/mol. The number of rotatable bonds is 3. The van der Waals surface area contributed by atoms with Gasteiger partial charge in [0, 0.05) is 18.1 Å². The van der Waals surface area contributed by atoms with Crippen LogP contribution in [0.25, 0.3) is 11.0 Å². The van der Waals surface area contributed by atoms with Gasteiger partial charge in [0.1, 0.15) is 16.9 Å². The number of carbonyl (C=O) groups is 1. The van der Waals surface area contributed by atoms with E-state index < -0.39 is 0 Å². The third-order valence-electron chi connectivity index (χ3n) is 3.29. The predicted octanol–water partition coefficient (Wildman–Crippen LogP) is 3.24. The summed E-state index contributed by atoms with van der Waals surface area (Å²) in [6, 6.07) is 4.82. The van der Waals surface area contributed by atoms with Crippen LogP contribution in [0, 0.1) is 6.92 Å². The number of aryl methyl sites for hydroxylation is 1. The van der Waals surface area contributed by atoms with E-state index in [2.05, 4.69) is 0 Å². The van der Waals surface area contributed by atoms with E-state index in [9.17, 15) is 9.59 Å². The molecule has 0 saturated carbocycles. The fourth-order valence-corrected chi connectivity index (χ4v) is 2.37. The highest BCUT2D eigenvalue weighted by Gasteiger charge is 2.22. The monoisotopic (exact) mass is 293 g/mol. The van der Waals surface area contributed by atoms with E-state index in [0.29, 0.717) is 34.8 Å². The van der Waals surface area contributed by atoms with Crippen molar-refractivity contribution in [2.75, 3.05) is 13.1 Å². The van der Waals surface area contributed by atoms with Crippen molar-refractivity contribution in [2.45, 2.75) is 20.8 Å². The van der Waals surface area contributed by atoms with Gasteiger partial charge >= 0.3 is 0 Å². The molecule has 5 heteroatoms. The van der Waals surface area contributed by atoms with E-state index >= 15 is 0 Å². The number of nitrogens with zero attached hydrogens (tertiary/aromatic N) is 1. The Morgan fingerprint density at radius 3 is 2.55 bits per heavy atom. The van der Waals surface area contributed by atoms with Gasteiger partial charge in [-0.15, -0.1) is 0 Å². The Hall–Kier alpha value is -1.81. The second-order valence-electron chi connectivity index (χ2n) is 4.48. The minimum Gasteiger partial charge on any atom is -0.460 e. The second kappa shape index (κ2) is 5.67. The highest BCUT2D eigenvalue weighted by atomic mass is 35.5. The van der Waals surface area contributed by atoms with Crippen LogP contribution < -0.4 is 5.43 Å². The van der Waals surface area contributed by atoms with Crippen molar-refractivity contribution in [3.8, 4) is 0 Å². The van der Waals surface area contributed by atoms with Crippen LogP contribution in [0.2, 0.25) is 5.02 Å². The lowest BCUT2D eigenvalue weighted by Gasteiger charge is -2.19. The molecule has 0 aliphatic rings. The molecule has 106 valence electrons. The predicted molar refractivity (Wildman–Crippen MR) is 79.5 cm³/mol. The molecule has 2 aromatic rings. The molecule has 0 saturated heterocycles. The molecule has 0 aliphatic carbocycles. The topological polar surface area (TPSA) is 50.5 Å². The molecular formula is C15H16ClNO3. The number of hydrogen-bond donors (Lipinski definition) is 0. The zero-order chi connectivity index (χ0) is 14.9. The van der Waals surface area contributed by atoms with Crippen LogP contribution in [0.15, 0.2) is 27.4 Å². The lowest BCUT2D eigenvalue weighted by Crippen LogP contribution is -2.34. The molecule has 1 aromatic heterocycles. The average molecular weight is 294 g/mol. The maximum Gasteiger partial charge on any atom is 0.261 e. The minimum absolute atomic E-state index is 0.0865. The molecule has 0 spiro atoms. The molecule has 1 amide bonds. The maximum atomic E-state index is 12.5. The van der Waals surface area contributed by atoms with E-state index in [4.69, 9.17) is 16.0 Å². The number of hydrogen-bond acceptors (Lipinski definition) is 3. The number of carbonyl (C=O) groups excluding carboxylic acids is 1. The first-order chi connectivity index (χ1) is 9.49. The Balaban J connectivity index is 2.71. The Kier molecular flexibility index (Phi) is 4.14. The molecule has 2 rings (SSSR count). The van der Waals surface area contributed by atoms with Crippen molar-refractivity contribution in [3.05, 3.63) is 44.8 Å². The molecule has 20 heavy (non-hydrogen) atoms. The standard InChI is InChI=1S/C15H16ClNO3/c1-4-17(5-2)15(19)13-9(3)20-12-7-6-10(16)8-11(12)14(13)18/h6-8H,4-5H2,1-3H3. The molecule has 0 radical (unpaired) electrons. The Morgan fingerprint density at radius 1 is 1.30 bits per heavy atom. The third-order valence-corrected chi connectivity index (χ3v) is 3.53. The van der Waals surface area contributed by atoms with Crippen LogP contribution in [0.5, 0.6) is 0 Å². The van der Waals surface area contributed by atoms with Crippen molar-refractivity contribution in [2.24, 2.45) is 0 Å². The number of fused-ring (bicyclic) bond motifs is 1. The fourth-order valence-electron chi connectivity index (χ4n) is 2.20. The lowest BCUT2D eigenvalue weighted by molar-refractivity contribution is 0.0768. The van der Waals surface area contributed by atoms with Crippen LogP contribution in [0.3, 0.4) is 0 Å². The summed E-state index contributed by atoms with van der Waals surface area (Å²) >= 11 is 5.90. The van der Waals surface area contributed by atoms with Gasteiger partial charge in [-0.05, 0) is 39.0 Å². The van der Waals surface area contributed by atoms with Gasteiger partial charge in [-0.3, -0.25) is 9.59 Å². The summed E-state index contributed by atoms with van der Waals surface area (Å²) in [5, 5.41) is 0.772. The quantitative estimate of drug-likeness (QED) is 0.873. The highest BCUT2D eigenvalue weighted by Crippen LogP contribution is 2.20. The zero-order valence-electron chi connectivity index (χ0n) is 11.7. The van der Waals surface area contributed by atoms with Gasteiger partial charge in [0.25, 0.3) is 5.91 Å². The normalized spacial score (nSPS) is 10.8. The highest BCUT2D eigenvalue weighted by molar-refractivity contribution is 6.31. The molecule has 0 N–H and O–H groups in total. The van der Waals surface area contributed by atoms with Crippen molar-refractivity contribution in [3.63, 3.8) is 0 Å². The van der Waals surface area contributed by atoms with Crippen LogP contribution in [-0.2, 0) is 0 Å². The van der Waals surface area contributed by atoms with E-state index in [1.54, 1.807) is 24.0 Å². The van der Waals surface area contributed by atoms with E-state index in [1.807, 2.05) is 13.8 Å². The molecule has 0 unspecified atom stereocenters. The van der Waals surface area contributed by atoms with Crippen LogP contribution in [0.1, 0.15) is 30.0 Å². The summed E-state index contributed by atoms with van der Waals surface area (Å²) in [5.74, 6) is 0.0323. The van der Waals surface area contributed by atoms with Crippen LogP contribution >= 0.6 is 11.6 Å². The molecule has 1 aromatic carbocycles. The summed E-state index contributed by atoms with van der Waals surface area (Å²) in [6.45, 7) is 6.46. The first kappa shape index (κ1) is 14.6. The third kappa shape index (κ3) is 2.43. The number of benzene rings is 1. The summed E-state index contributed by atoms with van der Waals surface area (Å²) in [7, 11) is 0. The summed E-state index contributed by atoms with van der Waals surface area (Å²) in [5.41, 5.74) is 0.194. The van der Waals surface area contributed by atoms with E-state index in [0.717, 1.165) is 0 Å². The first-order valence-corrected chi connectivity index (χ1v) is 6.89. The molecule has 0 atom stereocenters. The number of amides is 1. The van der Waals surface area contributed by atoms with Gasteiger partial charge in [-0.25, -0.2) is 0 Å². The van der Waals surface area contributed by atoms with Gasteiger partial charge in [-0.2, -0.15) is 0 Å². The average Bonchev–Trinajstić information content (AvgIpc) is 2.41. The first-order valence-electron chi connectivity index (χ1n) is 6.51. The minimum atomic E-state index is -0.330. The molecule has 0 bridgehead atoms. The maximum absolute atomic E-state index is 12.5. The Labute approximate surface area is 121 Å². The Morgan fingerprint density at radius 2 is 1.95 bits per heavy atom. The largest absolute Gasteiger partial charge is 0.460 e. The van der Waals surface area contributed by atoms with E-state index in [-0.39, 0.29) is 16.9 Å². The summed E-state index contributed by atoms with van der Waals surface area (Å²) < 4.78 is 5.58. The van der Waals surface area contributed by atoms with Gasteiger partial charge in [-0.1, -0.05) is 11.6 Å². The van der Waals surface area contributed by atoms with Crippen LogP contribution in [-0.4, -0.2) is 23.9 Å². The molecule has 0 fully saturated rings. The van der Waals surface area contributed by atoms with Gasteiger partial charge in [0.15, 0.2) is 0 Å². The molecule has 4 nitrogen and oxygen atoms in total. The molecule has 1 heterocycles. The zero-order valence-corrected chi connectivity index (χ0v) is 12.5. The summed E-state index contributed by atoms with van der Waals surface area (Å²) in [6.07, 6.45) is 0. The lowest BCUT2D eigenvalue weighted by atomic mass is 10.1. The van der Waals surface area contributed by atoms with Gasteiger partial charge < -0.3 is 9.32 Å². The molecule has 0 aliphatic heterocycles. The fraction of sp³-hybridized carbons (Fsp3) is 0.333. The smallest absolute Gasteiger partial charge is 0.261 e.